The number of aliphatic carboxylic acids is 2. The van der Waals surface area contributed by atoms with Gasteiger partial charge in [0, 0.05) is 18.7 Å². The van der Waals surface area contributed by atoms with E-state index in [4.69, 9.17) is 15.3 Å². The summed E-state index contributed by atoms with van der Waals surface area (Å²) in [5.41, 5.74) is 1.35. The Morgan fingerprint density at radius 1 is 1.03 bits per heavy atom. The SMILES string of the molecule is Cc1c(C#N)c(NCCC(=O)O)nc(NCCC(=O)O)c1N=Nc1nc2ccc(C(=O)O)cc2s1. The Balaban J connectivity index is 1.99. The number of hydrogen-bond acceptors (Lipinski definition) is 11. The molecule has 0 amide bonds. The second kappa shape index (κ2) is 11.0. The van der Waals surface area contributed by atoms with E-state index in [0.717, 1.165) is 11.3 Å². The van der Waals surface area contributed by atoms with Crippen LogP contribution in [-0.4, -0.2) is 56.3 Å². The smallest absolute Gasteiger partial charge is 0.335 e. The molecular weight excluding hydrogens is 478 g/mol. The van der Waals surface area contributed by atoms with Crippen molar-refractivity contribution in [3.05, 3.63) is 34.9 Å². The molecule has 3 rings (SSSR count). The first-order chi connectivity index (χ1) is 16.7. The Labute approximate surface area is 201 Å². The lowest BCUT2D eigenvalue weighted by molar-refractivity contribution is -0.137. The van der Waals surface area contributed by atoms with Gasteiger partial charge >= 0.3 is 17.9 Å². The lowest BCUT2D eigenvalue weighted by atomic mass is 10.1. The zero-order valence-corrected chi connectivity index (χ0v) is 19.1. The molecule has 0 radical (unpaired) electrons. The van der Waals surface area contributed by atoms with Crippen LogP contribution in [0, 0.1) is 18.3 Å². The molecule has 14 heteroatoms. The van der Waals surface area contributed by atoms with Crippen LogP contribution in [0.1, 0.15) is 34.3 Å². The minimum atomic E-state index is -1.07. The number of thiazole rings is 1. The third kappa shape index (κ3) is 6.24. The number of aromatic carboxylic acids is 1. The van der Waals surface area contributed by atoms with Gasteiger partial charge in [0.05, 0.1) is 34.2 Å². The Morgan fingerprint density at radius 2 is 1.69 bits per heavy atom. The van der Waals surface area contributed by atoms with Crippen LogP contribution in [0.2, 0.25) is 0 Å². The molecule has 1 aromatic carbocycles. The summed E-state index contributed by atoms with van der Waals surface area (Å²) in [4.78, 5) is 41.5. The summed E-state index contributed by atoms with van der Waals surface area (Å²) in [6.45, 7) is 1.65. The third-order valence-electron chi connectivity index (χ3n) is 4.65. The molecule has 0 fully saturated rings. The van der Waals surface area contributed by atoms with E-state index >= 15 is 0 Å². The predicted molar refractivity (Wildman–Crippen MR) is 126 cm³/mol. The number of benzene rings is 1. The van der Waals surface area contributed by atoms with Gasteiger partial charge in [-0.1, -0.05) is 11.3 Å². The highest BCUT2D eigenvalue weighted by atomic mass is 32.1. The van der Waals surface area contributed by atoms with Crippen LogP contribution in [-0.2, 0) is 9.59 Å². The molecule has 180 valence electrons. The average Bonchev–Trinajstić information content (AvgIpc) is 3.20. The number of hydrogen-bond donors (Lipinski definition) is 5. The molecule has 2 heterocycles. The number of fused-ring (bicyclic) bond motifs is 1. The molecule has 0 saturated carbocycles. The third-order valence-corrected chi connectivity index (χ3v) is 5.55. The molecule has 0 saturated heterocycles. The fourth-order valence-corrected chi connectivity index (χ4v) is 3.79. The van der Waals surface area contributed by atoms with Crippen LogP contribution in [0.3, 0.4) is 0 Å². The van der Waals surface area contributed by atoms with Gasteiger partial charge in [-0.3, -0.25) is 9.59 Å². The van der Waals surface area contributed by atoms with Crippen LogP contribution in [0.15, 0.2) is 28.4 Å². The molecule has 0 aliphatic carbocycles. The first-order valence-corrected chi connectivity index (χ1v) is 10.9. The normalized spacial score (nSPS) is 10.9. The van der Waals surface area contributed by atoms with E-state index in [2.05, 4.69) is 30.8 Å². The van der Waals surface area contributed by atoms with Crippen molar-refractivity contribution in [3.8, 4) is 6.07 Å². The van der Waals surface area contributed by atoms with E-state index in [9.17, 15) is 19.6 Å². The van der Waals surface area contributed by atoms with Gasteiger partial charge in [0.25, 0.3) is 0 Å². The van der Waals surface area contributed by atoms with Crippen molar-refractivity contribution in [1.82, 2.24) is 9.97 Å². The van der Waals surface area contributed by atoms with Gasteiger partial charge in [-0.05, 0) is 25.1 Å². The molecule has 0 bridgehead atoms. The molecule has 0 aliphatic heterocycles. The van der Waals surface area contributed by atoms with Crippen molar-refractivity contribution in [2.45, 2.75) is 19.8 Å². The van der Waals surface area contributed by atoms with Crippen LogP contribution in [0.25, 0.3) is 10.2 Å². The van der Waals surface area contributed by atoms with Crippen LogP contribution in [0.4, 0.5) is 22.5 Å². The van der Waals surface area contributed by atoms with Gasteiger partial charge in [-0.2, -0.15) is 5.26 Å². The van der Waals surface area contributed by atoms with E-state index in [0.29, 0.717) is 15.8 Å². The number of anilines is 2. The van der Waals surface area contributed by atoms with Crippen LogP contribution < -0.4 is 10.6 Å². The summed E-state index contributed by atoms with van der Waals surface area (Å²) >= 11 is 1.12. The fraction of sp³-hybridized carbons (Fsp3) is 0.238. The highest BCUT2D eigenvalue weighted by molar-refractivity contribution is 7.21. The molecule has 5 N–H and O–H groups in total. The molecule has 0 aliphatic rings. The van der Waals surface area contributed by atoms with Crippen molar-refractivity contribution in [3.63, 3.8) is 0 Å². The number of nitrogens with zero attached hydrogens (tertiary/aromatic N) is 5. The number of rotatable bonds is 11. The number of carboxylic acids is 3. The molecular formula is C21H19N7O6S. The number of nitriles is 1. The lowest BCUT2D eigenvalue weighted by Gasteiger charge is -2.15. The number of carboxylic acid groups (broad SMARTS) is 3. The van der Waals surface area contributed by atoms with Crippen molar-refractivity contribution < 1.29 is 29.7 Å². The Bertz CT molecular complexity index is 1380. The zero-order valence-electron chi connectivity index (χ0n) is 18.3. The maximum Gasteiger partial charge on any atom is 0.335 e. The molecule has 0 spiro atoms. The number of pyridine rings is 1. The first kappa shape index (κ1) is 25.0. The second-order valence-electron chi connectivity index (χ2n) is 7.09. The maximum atomic E-state index is 11.2. The molecule has 0 unspecified atom stereocenters. The highest BCUT2D eigenvalue weighted by Crippen LogP contribution is 2.36. The van der Waals surface area contributed by atoms with Gasteiger partial charge < -0.3 is 26.0 Å². The van der Waals surface area contributed by atoms with Crippen LogP contribution in [0.5, 0.6) is 0 Å². The number of carbonyl (C=O) groups is 3. The summed E-state index contributed by atoms with van der Waals surface area (Å²) < 4.78 is 0.601. The standard InChI is InChI=1S/C21H19N7O6S/c1-10-12(9-22)18(23-6-4-15(29)30)26-19(24-7-5-16(31)32)17(10)27-28-21-25-13-3-2-11(20(33)34)8-14(13)35-21/h2-3,8H,4-7H2,1H3,(H,29,30)(H,31,32)(H,33,34)(H2,23,24,26). The van der Waals surface area contributed by atoms with E-state index in [1.807, 2.05) is 6.07 Å². The highest BCUT2D eigenvalue weighted by Gasteiger charge is 2.18. The predicted octanol–water partition coefficient (Wildman–Crippen LogP) is 3.76. The first-order valence-electron chi connectivity index (χ1n) is 10.1. The van der Waals surface area contributed by atoms with Crippen molar-refractivity contribution in [2.75, 3.05) is 23.7 Å². The quantitative estimate of drug-likeness (QED) is 0.241. The molecule has 2 aromatic heterocycles. The number of nitrogens with one attached hydrogen (secondary N) is 2. The van der Waals surface area contributed by atoms with Gasteiger partial charge in [0.1, 0.15) is 17.6 Å². The van der Waals surface area contributed by atoms with Crippen molar-refractivity contribution in [1.29, 1.82) is 5.26 Å². The zero-order chi connectivity index (χ0) is 25.5. The summed E-state index contributed by atoms with van der Waals surface area (Å²) in [6.07, 6.45) is -0.404. The molecule has 3 aromatic rings. The number of aromatic nitrogens is 2. The summed E-state index contributed by atoms with van der Waals surface area (Å²) in [6, 6.07) is 6.48. The Kier molecular flexibility index (Phi) is 7.85. The minimum Gasteiger partial charge on any atom is -0.481 e. The van der Waals surface area contributed by atoms with E-state index < -0.39 is 17.9 Å². The maximum absolute atomic E-state index is 11.2. The minimum absolute atomic E-state index is 0.0177. The van der Waals surface area contributed by atoms with Gasteiger partial charge in [0.2, 0.25) is 5.13 Å². The average molecular weight is 497 g/mol. The molecule has 0 atom stereocenters. The van der Waals surface area contributed by atoms with Gasteiger partial charge in [0.15, 0.2) is 5.82 Å². The summed E-state index contributed by atoms with van der Waals surface area (Å²) in [5.74, 6) is -2.84. The van der Waals surface area contributed by atoms with E-state index in [1.165, 1.54) is 12.1 Å². The Hall–Kier alpha value is -4.64. The molecule has 35 heavy (non-hydrogen) atoms. The second-order valence-corrected chi connectivity index (χ2v) is 8.10. The lowest BCUT2D eigenvalue weighted by Crippen LogP contribution is -2.13. The van der Waals surface area contributed by atoms with Crippen LogP contribution >= 0.6 is 11.3 Å². The molecule has 13 nitrogen and oxygen atoms in total. The van der Waals surface area contributed by atoms with Gasteiger partial charge in [-0.25, -0.2) is 14.8 Å². The number of azo groups is 1. The summed E-state index contributed by atoms with van der Waals surface area (Å²) in [7, 11) is 0. The Morgan fingerprint density at radius 3 is 2.29 bits per heavy atom. The topological polar surface area (TPSA) is 210 Å². The van der Waals surface area contributed by atoms with E-state index in [1.54, 1.807) is 13.0 Å². The van der Waals surface area contributed by atoms with Crippen molar-refractivity contribution >= 4 is 61.9 Å². The monoisotopic (exact) mass is 497 g/mol. The van der Waals surface area contributed by atoms with E-state index in [-0.39, 0.29) is 59.5 Å². The van der Waals surface area contributed by atoms with Gasteiger partial charge in [-0.15, -0.1) is 10.2 Å². The largest absolute Gasteiger partial charge is 0.481 e. The van der Waals surface area contributed by atoms with Crippen molar-refractivity contribution in [2.24, 2.45) is 10.2 Å². The fourth-order valence-electron chi connectivity index (χ4n) is 2.96. The summed E-state index contributed by atoms with van der Waals surface area (Å²) in [5, 5.41) is 50.8.